The predicted octanol–water partition coefficient (Wildman–Crippen LogP) is 3.37. The fourth-order valence-corrected chi connectivity index (χ4v) is 2.88. The number of imidazole rings is 1. The number of hydrogen-bond acceptors (Lipinski definition) is 1. The average molecular weight is 320 g/mol. The van der Waals surface area contributed by atoms with Crippen LogP contribution < -0.4 is 5.30 Å². The number of hydrogen-bond donors (Lipinski definition) is 0. The molecule has 0 aliphatic rings. The topological polar surface area (TPSA) is 49.3 Å². The standard InChI is InChI=1S/C19H15N2P.H2O/c22-16-12-10-15(11-13-16)21-18-9-5-4-8-17(18)20-19(21)14-6-2-1-3-7-14;/h1-13H,22H2;1H2. The molecule has 3 aromatic carbocycles. The molecule has 1 atom stereocenters. The SMILES string of the molecule is O.Pc1ccc(-n2c(-c3ccccc3)nc3ccccc32)cc1. The van der Waals surface area contributed by atoms with E-state index in [9.17, 15) is 0 Å². The first-order chi connectivity index (χ1) is 10.8. The lowest BCUT2D eigenvalue weighted by Gasteiger charge is -2.09. The lowest BCUT2D eigenvalue weighted by molar-refractivity contribution is 0.824. The summed E-state index contributed by atoms with van der Waals surface area (Å²) in [5.74, 6) is 0.971. The van der Waals surface area contributed by atoms with Crippen molar-refractivity contribution in [3.63, 3.8) is 0 Å². The fourth-order valence-electron chi connectivity index (χ4n) is 2.69. The summed E-state index contributed by atoms with van der Waals surface area (Å²) in [7, 11) is 2.72. The van der Waals surface area contributed by atoms with Crippen molar-refractivity contribution in [1.82, 2.24) is 9.55 Å². The van der Waals surface area contributed by atoms with Crippen LogP contribution in [-0.2, 0) is 0 Å². The molecule has 3 nitrogen and oxygen atoms in total. The molecule has 4 rings (SSSR count). The molecule has 4 heteroatoms. The largest absolute Gasteiger partial charge is 0.412 e. The van der Waals surface area contributed by atoms with E-state index in [0.717, 1.165) is 28.1 Å². The molecule has 114 valence electrons. The second kappa shape index (κ2) is 6.33. The van der Waals surface area contributed by atoms with Gasteiger partial charge in [-0.05, 0) is 29.6 Å². The van der Waals surface area contributed by atoms with Crippen molar-refractivity contribution in [2.45, 2.75) is 0 Å². The summed E-state index contributed by atoms with van der Waals surface area (Å²) in [5, 5.41) is 1.18. The first-order valence-electron chi connectivity index (χ1n) is 7.22. The molecule has 1 unspecified atom stereocenters. The van der Waals surface area contributed by atoms with Crippen LogP contribution in [0, 0.1) is 0 Å². The van der Waals surface area contributed by atoms with Gasteiger partial charge in [-0.25, -0.2) is 4.98 Å². The molecular weight excluding hydrogens is 303 g/mol. The van der Waals surface area contributed by atoms with Crippen molar-refractivity contribution in [3.05, 3.63) is 78.9 Å². The van der Waals surface area contributed by atoms with Crippen LogP contribution in [0.5, 0.6) is 0 Å². The average Bonchev–Trinajstić information content (AvgIpc) is 2.96. The summed E-state index contributed by atoms with van der Waals surface area (Å²) in [5.41, 5.74) is 4.38. The van der Waals surface area contributed by atoms with Gasteiger partial charge in [-0.2, -0.15) is 0 Å². The maximum Gasteiger partial charge on any atom is 0.145 e. The van der Waals surface area contributed by atoms with Gasteiger partial charge in [0.05, 0.1) is 11.0 Å². The third-order valence-corrected chi connectivity index (χ3v) is 4.13. The van der Waals surface area contributed by atoms with Crippen LogP contribution in [0.4, 0.5) is 0 Å². The lowest BCUT2D eigenvalue weighted by atomic mass is 10.2. The summed E-state index contributed by atoms with van der Waals surface area (Å²) in [6.07, 6.45) is 0. The van der Waals surface area contributed by atoms with Gasteiger partial charge in [0.15, 0.2) is 0 Å². The zero-order valence-electron chi connectivity index (χ0n) is 12.5. The Hall–Kier alpha value is -2.48. The van der Waals surface area contributed by atoms with Gasteiger partial charge in [0.1, 0.15) is 5.82 Å². The van der Waals surface area contributed by atoms with E-state index in [2.05, 4.69) is 68.4 Å². The summed E-state index contributed by atoms with van der Waals surface area (Å²) in [4.78, 5) is 4.84. The van der Waals surface area contributed by atoms with Gasteiger partial charge >= 0.3 is 0 Å². The molecule has 0 saturated heterocycles. The lowest BCUT2D eigenvalue weighted by Crippen LogP contribution is -1.99. The van der Waals surface area contributed by atoms with Gasteiger partial charge in [0.2, 0.25) is 0 Å². The van der Waals surface area contributed by atoms with E-state index in [1.165, 1.54) is 5.30 Å². The van der Waals surface area contributed by atoms with Crippen molar-refractivity contribution in [1.29, 1.82) is 0 Å². The smallest absolute Gasteiger partial charge is 0.145 e. The van der Waals surface area contributed by atoms with Crippen molar-refractivity contribution < 1.29 is 5.48 Å². The molecule has 1 aromatic heterocycles. The Bertz CT molecular complexity index is 931. The maximum atomic E-state index is 4.84. The molecule has 1 heterocycles. The quantitative estimate of drug-likeness (QED) is 0.522. The third-order valence-electron chi connectivity index (χ3n) is 3.74. The van der Waals surface area contributed by atoms with Crippen molar-refractivity contribution in [2.75, 3.05) is 0 Å². The Balaban J connectivity index is 0.00000156. The van der Waals surface area contributed by atoms with E-state index < -0.39 is 0 Å². The summed E-state index contributed by atoms with van der Waals surface area (Å²) >= 11 is 0. The van der Waals surface area contributed by atoms with E-state index in [-0.39, 0.29) is 5.48 Å². The Kier molecular flexibility index (Phi) is 4.24. The van der Waals surface area contributed by atoms with Crippen LogP contribution in [0.3, 0.4) is 0 Å². The number of para-hydroxylation sites is 2. The van der Waals surface area contributed by atoms with Crippen LogP contribution in [0.25, 0.3) is 28.1 Å². The number of benzene rings is 3. The second-order valence-electron chi connectivity index (χ2n) is 5.22. The number of nitrogens with zero attached hydrogens (tertiary/aromatic N) is 2. The summed E-state index contributed by atoms with van der Waals surface area (Å²) < 4.78 is 2.22. The maximum absolute atomic E-state index is 4.84. The molecule has 2 N–H and O–H groups in total. The van der Waals surface area contributed by atoms with Gasteiger partial charge < -0.3 is 5.48 Å². The first-order valence-corrected chi connectivity index (χ1v) is 7.79. The van der Waals surface area contributed by atoms with Crippen LogP contribution in [0.1, 0.15) is 0 Å². The highest BCUT2D eigenvalue weighted by Crippen LogP contribution is 2.28. The Morgan fingerprint density at radius 2 is 1.39 bits per heavy atom. The zero-order valence-corrected chi connectivity index (χ0v) is 13.6. The van der Waals surface area contributed by atoms with E-state index in [1.54, 1.807) is 0 Å². The molecule has 0 amide bonds. The van der Waals surface area contributed by atoms with E-state index in [4.69, 9.17) is 4.98 Å². The highest BCUT2D eigenvalue weighted by molar-refractivity contribution is 7.27. The molecule has 0 fully saturated rings. The molecule has 0 aliphatic carbocycles. The fraction of sp³-hybridized carbons (Fsp3) is 0. The Labute approximate surface area is 137 Å². The normalized spacial score (nSPS) is 10.5. The molecule has 4 aromatic rings. The monoisotopic (exact) mass is 320 g/mol. The van der Waals surface area contributed by atoms with Gasteiger partial charge in [-0.1, -0.05) is 54.6 Å². The number of fused-ring (bicyclic) bond motifs is 1. The van der Waals surface area contributed by atoms with Gasteiger partial charge in [0.25, 0.3) is 0 Å². The second-order valence-corrected chi connectivity index (χ2v) is 5.88. The molecule has 23 heavy (non-hydrogen) atoms. The van der Waals surface area contributed by atoms with Crippen LogP contribution in [0.15, 0.2) is 78.9 Å². The van der Waals surface area contributed by atoms with Crippen molar-refractivity contribution in [2.24, 2.45) is 0 Å². The summed E-state index contributed by atoms with van der Waals surface area (Å²) in [6, 6.07) is 27.0. The zero-order chi connectivity index (χ0) is 14.9. The van der Waals surface area contributed by atoms with Crippen LogP contribution in [0.2, 0.25) is 0 Å². The Morgan fingerprint density at radius 1 is 0.739 bits per heavy atom. The third kappa shape index (κ3) is 2.77. The predicted molar refractivity (Wildman–Crippen MR) is 99.5 cm³/mol. The number of rotatable bonds is 2. The van der Waals surface area contributed by atoms with Gasteiger partial charge in [0, 0.05) is 11.3 Å². The molecule has 0 spiro atoms. The molecular formula is C19H17N2OP. The van der Waals surface area contributed by atoms with Crippen LogP contribution >= 0.6 is 9.24 Å². The molecule has 0 saturated carbocycles. The van der Waals surface area contributed by atoms with Gasteiger partial charge in [-0.3, -0.25) is 4.57 Å². The highest BCUT2D eigenvalue weighted by Gasteiger charge is 2.13. The minimum Gasteiger partial charge on any atom is -0.412 e. The van der Waals surface area contributed by atoms with Gasteiger partial charge in [-0.15, -0.1) is 9.24 Å². The van der Waals surface area contributed by atoms with Crippen molar-refractivity contribution in [3.8, 4) is 17.1 Å². The van der Waals surface area contributed by atoms with Crippen LogP contribution in [-0.4, -0.2) is 15.0 Å². The van der Waals surface area contributed by atoms with E-state index in [0.29, 0.717) is 0 Å². The van der Waals surface area contributed by atoms with E-state index >= 15 is 0 Å². The van der Waals surface area contributed by atoms with E-state index in [1.807, 2.05) is 24.3 Å². The molecule has 0 aliphatic heterocycles. The highest BCUT2D eigenvalue weighted by atomic mass is 31.0. The number of aromatic nitrogens is 2. The van der Waals surface area contributed by atoms with Crippen molar-refractivity contribution >= 4 is 25.6 Å². The summed E-state index contributed by atoms with van der Waals surface area (Å²) in [6.45, 7) is 0. The Morgan fingerprint density at radius 3 is 2.13 bits per heavy atom. The molecule has 0 bridgehead atoms. The molecule has 0 radical (unpaired) electrons. The minimum absolute atomic E-state index is 0. The first kappa shape index (κ1) is 15.4. The minimum atomic E-state index is 0.